The van der Waals surface area contributed by atoms with Crippen LogP contribution < -0.4 is 4.72 Å². The molecule has 4 rings (SSSR count). The highest BCUT2D eigenvalue weighted by molar-refractivity contribution is 7.92. The zero-order valence-corrected chi connectivity index (χ0v) is 16.4. The Labute approximate surface area is 168 Å². The van der Waals surface area contributed by atoms with Gasteiger partial charge >= 0.3 is 0 Å². The molecular formula is C21H18N4O3S. The monoisotopic (exact) mass is 406 g/mol. The summed E-state index contributed by atoms with van der Waals surface area (Å²) in [5.41, 5.74) is 2.99. The smallest absolute Gasteiger partial charge is 0.261 e. The maximum Gasteiger partial charge on any atom is 0.261 e. The highest BCUT2D eigenvalue weighted by Gasteiger charge is 2.17. The summed E-state index contributed by atoms with van der Waals surface area (Å²) in [4.78, 5) is 8.57. The maximum atomic E-state index is 12.7. The molecule has 7 nitrogen and oxygen atoms in total. The number of nitrogens with one attached hydrogen (secondary N) is 1. The lowest BCUT2D eigenvalue weighted by atomic mass is 10.1. The number of anilines is 1. The van der Waals surface area contributed by atoms with E-state index in [0.717, 1.165) is 16.7 Å². The van der Waals surface area contributed by atoms with Gasteiger partial charge in [0.15, 0.2) is 0 Å². The van der Waals surface area contributed by atoms with Gasteiger partial charge in [-0.1, -0.05) is 41.1 Å². The fourth-order valence-corrected chi connectivity index (χ4v) is 3.90. The van der Waals surface area contributed by atoms with Crippen molar-refractivity contribution < 1.29 is 12.9 Å². The van der Waals surface area contributed by atoms with Crippen LogP contribution in [0.3, 0.4) is 0 Å². The van der Waals surface area contributed by atoms with E-state index < -0.39 is 10.0 Å². The summed E-state index contributed by atoms with van der Waals surface area (Å²) in [6, 6.07) is 17.4. The SMILES string of the molecule is Cc1ccc(S(=O)(=O)Nc2ccccc2Cc2nc(-c3ccncc3)no2)cc1. The van der Waals surface area contributed by atoms with Gasteiger partial charge in [-0.15, -0.1) is 0 Å². The summed E-state index contributed by atoms with van der Waals surface area (Å²) in [6.07, 6.45) is 3.60. The lowest BCUT2D eigenvalue weighted by molar-refractivity contribution is 0.386. The largest absolute Gasteiger partial charge is 0.339 e. The van der Waals surface area contributed by atoms with Crippen molar-refractivity contribution in [3.05, 3.63) is 90.1 Å². The minimum atomic E-state index is -3.71. The van der Waals surface area contributed by atoms with Crippen molar-refractivity contribution in [2.24, 2.45) is 0 Å². The van der Waals surface area contributed by atoms with Gasteiger partial charge in [-0.25, -0.2) is 8.42 Å². The van der Waals surface area contributed by atoms with Crippen LogP contribution >= 0.6 is 0 Å². The van der Waals surface area contributed by atoms with Crippen molar-refractivity contribution in [2.45, 2.75) is 18.2 Å². The number of hydrogen-bond acceptors (Lipinski definition) is 6. The molecule has 0 saturated carbocycles. The van der Waals surface area contributed by atoms with Crippen molar-refractivity contribution in [2.75, 3.05) is 4.72 Å². The molecule has 2 heterocycles. The van der Waals surface area contributed by atoms with Crippen molar-refractivity contribution in [1.29, 1.82) is 0 Å². The van der Waals surface area contributed by atoms with E-state index in [1.165, 1.54) is 0 Å². The van der Waals surface area contributed by atoms with Gasteiger partial charge in [-0.2, -0.15) is 4.98 Å². The maximum absolute atomic E-state index is 12.7. The van der Waals surface area contributed by atoms with E-state index in [2.05, 4.69) is 19.8 Å². The Balaban J connectivity index is 1.58. The van der Waals surface area contributed by atoms with E-state index in [0.29, 0.717) is 23.8 Å². The molecule has 0 aliphatic heterocycles. The summed E-state index contributed by atoms with van der Waals surface area (Å²) in [6.45, 7) is 1.91. The number of hydrogen-bond donors (Lipinski definition) is 1. The molecule has 0 unspecified atom stereocenters. The van der Waals surface area contributed by atoms with Crippen LogP contribution in [0.5, 0.6) is 0 Å². The van der Waals surface area contributed by atoms with Gasteiger partial charge in [-0.05, 0) is 42.8 Å². The number of pyridine rings is 1. The number of para-hydroxylation sites is 1. The van der Waals surface area contributed by atoms with Crippen molar-refractivity contribution in [3.63, 3.8) is 0 Å². The number of nitrogens with zero attached hydrogens (tertiary/aromatic N) is 3. The van der Waals surface area contributed by atoms with E-state index in [-0.39, 0.29) is 4.90 Å². The Kier molecular flexibility index (Phi) is 5.09. The molecule has 0 spiro atoms. The van der Waals surface area contributed by atoms with Crippen LogP contribution in [0.15, 0.2) is 82.5 Å². The minimum Gasteiger partial charge on any atom is -0.339 e. The van der Waals surface area contributed by atoms with Gasteiger partial charge < -0.3 is 4.52 Å². The lowest BCUT2D eigenvalue weighted by Gasteiger charge is -2.12. The average molecular weight is 406 g/mol. The average Bonchev–Trinajstić information content (AvgIpc) is 3.19. The fraction of sp³-hybridized carbons (Fsp3) is 0.0952. The highest BCUT2D eigenvalue weighted by Crippen LogP contribution is 2.23. The number of sulfonamides is 1. The fourth-order valence-electron chi connectivity index (χ4n) is 2.80. The predicted molar refractivity (Wildman–Crippen MR) is 109 cm³/mol. The molecule has 0 bridgehead atoms. The summed E-state index contributed by atoms with van der Waals surface area (Å²) >= 11 is 0. The molecule has 1 N–H and O–H groups in total. The number of rotatable bonds is 6. The third-order valence-corrected chi connectivity index (χ3v) is 5.72. The van der Waals surface area contributed by atoms with Gasteiger partial charge in [0.05, 0.1) is 17.0 Å². The Bertz CT molecular complexity index is 1220. The number of benzene rings is 2. The summed E-state index contributed by atoms with van der Waals surface area (Å²) in [5.74, 6) is 0.846. The molecule has 0 radical (unpaired) electrons. The zero-order valence-electron chi connectivity index (χ0n) is 15.6. The van der Waals surface area contributed by atoms with Crippen LogP contribution in [-0.2, 0) is 16.4 Å². The minimum absolute atomic E-state index is 0.204. The van der Waals surface area contributed by atoms with E-state index in [4.69, 9.17) is 4.52 Å². The molecular weight excluding hydrogens is 388 g/mol. The second kappa shape index (κ2) is 7.84. The number of aryl methyl sites for hydroxylation is 1. The van der Waals surface area contributed by atoms with Crippen molar-refractivity contribution in [3.8, 4) is 11.4 Å². The highest BCUT2D eigenvalue weighted by atomic mass is 32.2. The third-order valence-electron chi connectivity index (χ3n) is 4.34. The van der Waals surface area contributed by atoms with Crippen LogP contribution in [0.4, 0.5) is 5.69 Å². The molecule has 2 aromatic carbocycles. The predicted octanol–water partition coefficient (Wildman–Crippen LogP) is 3.83. The van der Waals surface area contributed by atoms with Crippen LogP contribution in [0.25, 0.3) is 11.4 Å². The zero-order chi connectivity index (χ0) is 20.3. The summed E-state index contributed by atoms with van der Waals surface area (Å²) in [5, 5.41) is 3.99. The van der Waals surface area contributed by atoms with E-state index in [9.17, 15) is 8.42 Å². The van der Waals surface area contributed by atoms with Crippen molar-refractivity contribution >= 4 is 15.7 Å². The van der Waals surface area contributed by atoms with Gasteiger partial charge in [0.2, 0.25) is 11.7 Å². The molecule has 2 aromatic heterocycles. The second-order valence-electron chi connectivity index (χ2n) is 6.50. The van der Waals surface area contributed by atoms with Crippen LogP contribution in [-0.4, -0.2) is 23.5 Å². The van der Waals surface area contributed by atoms with E-state index in [1.54, 1.807) is 60.9 Å². The molecule has 8 heteroatoms. The van der Waals surface area contributed by atoms with Crippen LogP contribution in [0.2, 0.25) is 0 Å². The Morgan fingerprint density at radius 1 is 0.966 bits per heavy atom. The molecule has 0 aliphatic carbocycles. The molecule has 0 saturated heterocycles. The first-order valence-corrected chi connectivity index (χ1v) is 10.4. The Morgan fingerprint density at radius 3 is 2.45 bits per heavy atom. The summed E-state index contributed by atoms with van der Waals surface area (Å²) in [7, 11) is -3.71. The van der Waals surface area contributed by atoms with Gasteiger partial charge in [0.1, 0.15) is 0 Å². The molecule has 0 aliphatic rings. The van der Waals surface area contributed by atoms with E-state index >= 15 is 0 Å². The second-order valence-corrected chi connectivity index (χ2v) is 8.18. The molecule has 0 atom stereocenters. The quantitative estimate of drug-likeness (QED) is 0.523. The first-order valence-electron chi connectivity index (χ1n) is 8.92. The lowest BCUT2D eigenvalue weighted by Crippen LogP contribution is -2.14. The van der Waals surface area contributed by atoms with Crippen LogP contribution in [0.1, 0.15) is 17.0 Å². The van der Waals surface area contributed by atoms with Crippen LogP contribution in [0, 0.1) is 6.92 Å². The molecule has 146 valence electrons. The third kappa shape index (κ3) is 4.33. The first-order chi connectivity index (χ1) is 14.0. The van der Waals surface area contributed by atoms with Crippen molar-refractivity contribution in [1.82, 2.24) is 15.1 Å². The Hall–Kier alpha value is -3.52. The number of aromatic nitrogens is 3. The van der Waals surface area contributed by atoms with Gasteiger partial charge in [0, 0.05) is 18.0 Å². The van der Waals surface area contributed by atoms with Gasteiger partial charge in [0.25, 0.3) is 10.0 Å². The topological polar surface area (TPSA) is 98.0 Å². The first kappa shape index (κ1) is 18.8. The molecule has 29 heavy (non-hydrogen) atoms. The summed E-state index contributed by atoms with van der Waals surface area (Å²) < 4.78 is 33.5. The Morgan fingerprint density at radius 2 is 1.69 bits per heavy atom. The molecule has 4 aromatic rings. The van der Waals surface area contributed by atoms with E-state index in [1.807, 2.05) is 19.1 Å². The van der Waals surface area contributed by atoms with Gasteiger partial charge in [-0.3, -0.25) is 9.71 Å². The molecule has 0 amide bonds. The normalized spacial score (nSPS) is 11.3. The standard InChI is InChI=1S/C21H18N4O3S/c1-15-6-8-18(9-7-15)29(26,27)25-19-5-3-2-4-17(19)14-20-23-21(24-28-20)16-10-12-22-13-11-16/h2-13,25H,14H2,1H3. The molecule has 0 fully saturated rings.